The molecule has 184 valence electrons. The fraction of sp³-hybridized carbons (Fsp3) is 0.619. The van der Waals surface area contributed by atoms with E-state index in [1.54, 1.807) is 25.7 Å². The van der Waals surface area contributed by atoms with Gasteiger partial charge >= 0.3 is 12.3 Å². The lowest BCUT2D eigenvalue weighted by Crippen LogP contribution is -2.60. The lowest BCUT2D eigenvalue weighted by atomic mass is 10.1. The van der Waals surface area contributed by atoms with Crippen molar-refractivity contribution in [1.82, 2.24) is 15.1 Å². The van der Waals surface area contributed by atoms with Crippen LogP contribution in [0.2, 0.25) is 0 Å². The molecule has 33 heavy (non-hydrogen) atoms. The molecule has 1 aliphatic heterocycles. The lowest BCUT2D eigenvalue weighted by Gasteiger charge is -2.44. The molecule has 0 bridgehead atoms. The molecular weight excluding hydrogens is 445 g/mol. The van der Waals surface area contributed by atoms with Crippen LogP contribution in [-0.2, 0) is 10.9 Å². The Kier molecular flexibility index (Phi) is 7.94. The lowest BCUT2D eigenvalue weighted by molar-refractivity contribution is -0.385. The number of hydrogen-bond acceptors (Lipinski definition) is 6. The SMILES string of the molecule is C[C@@H]1CN(CCNC(=O)c2cc([N+](=O)[O-])cc(C(F)(F)F)c2)C[C@H](C)N1C(=O)OC(C)(C)C. The molecular formula is C21H29F3N4O5. The molecule has 9 nitrogen and oxygen atoms in total. The summed E-state index contributed by atoms with van der Waals surface area (Å²) in [6, 6.07) is 1.50. The number of alkyl halides is 3. The molecule has 0 spiro atoms. The van der Waals surface area contributed by atoms with Crippen LogP contribution in [0.5, 0.6) is 0 Å². The minimum Gasteiger partial charge on any atom is -0.444 e. The fourth-order valence-electron chi connectivity index (χ4n) is 3.73. The first-order valence-corrected chi connectivity index (χ1v) is 10.5. The van der Waals surface area contributed by atoms with Crippen LogP contribution < -0.4 is 5.32 Å². The first-order chi connectivity index (χ1) is 15.1. The van der Waals surface area contributed by atoms with Crippen LogP contribution in [0.25, 0.3) is 0 Å². The summed E-state index contributed by atoms with van der Waals surface area (Å²) in [6.07, 6.45) is -5.22. The van der Waals surface area contributed by atoms with Gasteiger partial charge in [0.05, 0.1) is 10.5 Å². The van der Waals surface area contributed by atoms with Crippen molar-refractivity contribution in [3.63, 3.8) is 0 Å². The van der Waals surface area contributed by atoms with Crippen molar-refractivity contribution in [2.75, 3.05) is 26.2 Å². The van der Waals surface area contributed by atoms with Gasteiger partial charge in [0.25, 0.3) is 11.6 Å². The minimum absolute atomic E-state index is 0.120. The van der Waals surface area contributed by atoms with Gasteiger partial charge in [0.1, 0.15) is 5.60 Å². The topological polar surface area (TPSA) is 105 Å². The van der Waals surface area contributed by atoms with Crippen LogP contribution in [0.3, 0.4) is 0 Å². The van der Waals surface area contributed by atoms with Gasteiger partial charge in [-0.15, -0.1) is 0 Å². The Bertz CT molecular complexity index is 889. The van der Waals surface area contributed by atoms with Crippen molar-refractivity contribution < 1.29 is 32.4 Å². The fourth-order valence-corrected chi connectivity index (χ4v) is 3.73. The molecule has 0 saturated carbocycles. The number of halogens is 3. The van der Waals surface area contributed by atoms with E-state index in [-0.39, 0.29) is 18.6 Å². The number of rotatable bonds is 5. The molecule has 12 heteroatoms. The zero-order valence-electron chi connectivity index (χ0n) is 19.2. The number of ether oxygens (including phenoxy) is 1. The van der Waals surface area contributed by atoms with Crippen LogP contribution in [-0.4, -0.2) is 70.6 Å². The molecule has 1 fully saturated rings. The first kappa shape index (κ1) is 26.4. The second-order valence-electron chi connectivity index (χ2n) is 9.12. The highest BCUT2D eigenvalue weighted by Crippen LogP contribution is 2.32. The van der Waals surface area contributed by atoms with E-state index in [0.29, 0.717) is 31.8 Å². The van der Waals surface area contributed by atoms with E-state index >= 15 is 0 Å². The maximum absolute atomic E-state index is 13.0. The highest BCUT2D eigenvalue weighted by Gasteiger charge is 2.36. The Morgan fingerprint density at radius 3 is 2.21 bits per heavy atom. The average molecular weight is 474 g/mol. The first-order valence-electron chi connectivity index (χ1n) is 10.5. The summed E-state index contributed by atoms with van der Waals surface area (Å²) in [6.45, 7) is 10.7. The number of benzene rings is 1. The zero-order chi connectivity index (χ0) is 25.1. The third-order valence-corrected chi connectivity index (χ3v) is 5.03. The third-order valence-electron chi connectivity index (χ3n) is 5.03. The van der Waals surface area contributed by atoms with Crippen molar-refractivity contribution in [1.29, 1.82) is 0 Å². The third kappa shape index (κ3) is 7.31. The monoisotopic (exact) mass is 474 g/mol. The van der Waals surface area contributed by atoms with Crippen LogP contribution in [0.4, 0.5) is 23.7 Å². The van der Waals surface area contributed by atoms with E-state index in [1.807, 2.05) is 18.7 Å². The van der Waals surface area contributed by atoms with Gasteiger partial charge in [-0.2, -0.15) is 13.2 Å². The molecule has 1 heterocycles. The van der Waals surface area contributed by atoms with Gasteiger partial charge in [-0.05, 0) is 40.7 Å². The second kappa shape index (κ2) is 9.94. The van der Waals surface area contributed by atoms with Crippen molar-refractivity contribution >= 4 is 17.7 Å². The standard InChI is InChI=1S/C21H29F3N4O5/c1-13-11-26(12-14(2)27(13)19(30)33-20(3,4)5)7-6-25-18(29)15-8-16(21(22,23)24)10-17(9-15)28(31)32/h8-10,13-14H,6-7,11-12H2,1-5H3,(H,25,29)/t13-,14+. The molecule has 0 aliphatic carbocycles. The molecule has 1 aromatic rings. The number of nitro groups is 1. The summed E-state index contributed by atoms with van der Waals surface area (Å²) in [4.78, 5) is 38.5. The molecule has 0 aromatic heterocycles. The quantitative estimate of drug-likeness (QED) is 0.516. The van der Waals surface area contributed by atoms with Crippen LogP contribution in [0.15, 0.2) is 18.2 Å². The van der Waals surface area contributed by atoms with E-state index in [4.69, 9.17) is 4.74 Å². The molecule has 1 N–H and O–H groups in total. The molecule has 1 aromatic carbocycles. The average Bonchev–Trinajstić information content (AvgIpc) is 2.64. The Hall–Kier alpha value is -2.89. The van der Waals surface area contributed by atoms with E-state index in [9.17, 15) is 32.9 Å². The highest BCUT2D eigenvalue weighted by molar-refractivity contribution is 5.95. The number of piperazine rings is 1. The predicted octanol–water partition coefficient (Wildman–Crippen LogP) is 3.67. The van der Waals surface area contributed by atoms with Crippen molar-refractivity contribution in [3.8, 4) is 0 Å². The molecule has 2 amide bonds. The van der Waals surface area contributed by atoms with Gasteiger partial charge in [0.2, 0.25) is 0 Å². The van der Waals surface area contributed by atoms with Crippen LogP contribution in [0, 0.1) is 10.1 Å². The maximum atomic E-state index is 13.0. The van der Waals surface area contributed by atoms with Gasteiger partial charge < -0.3 is 15.0 Å². The molecule has 2 rings (SSSR count). The van der Waals surface area contributed by atoms with E-state index in [1.165, 1.54) is 0 Å². The number of hydrogen-bond donors (Lipinski definition) is 1. The minimum atomic E-state index is -4.82. The van der Waals surface area contributed by atoms with Crippen molar-refractivity contribution in [2.45, 2.75) is 58.5 Å². The van der Waals surface area contributed by atoms with E-state index in [0.717, 1.165) is 6.07 Å². The maximum Gasteiger partial charge on any atom is 0.416 e. The van der Waals surface area contributed by atoms with Gasteiger partial charge in [-0.25, -0.2) is 4.79 Å². The molecule has 2 atom stereocenters. The van der Waals surface area contributed by atoms with Gasteiger partial charge in [0.15, 0.2) is 0 Å². The molecule has 1 saturated heterocycles. The summed E-state index contributed by atoms with van der Waals surface area (Å²) in [5.41, 5.74) is -3.12. The normalized spacial score (nSPS) is 19.8. The number of nitro benzene ring substituents is 1. The number of amides is 2. The summed E-state index contributed by atoms with van der Waals surface area (Å²) < 4.78 is 44.5. The number of nitrogens with one attached hydrogen (secondary N) is 1. The number of carbonyl (C=O) groups is 2. The van der Waals surface area contributed by atoms with Crippen LogP contribution in [0.1, 0.15) is 50.5 Å². The number of nitrogens with zero attached hydrogens (tertiary/aromatic N) is 3. The number of carbonyl (C=O) groups excluding carboxylic acids is 2. The highest BCUT2D eigenvalue weighted by atomic mass is 19.4. The Labute approximate surface area is 190 Å². The van der Waals surface area contributed by atoms with Crippen molar-refractivity contribution in [3.05, 3.63) is 39.4 Å². The second-order valence-corrected chi connectivity index (χ2v) is 9.12. The molecule has 0 unspecified atom stereocenters. The number of non-ortho nitro benzene ring substituents is 1. The summed E-state index contributed by atoms with van der Waals surface area (Å²) in [5, 5.41) is 13.5. The van der Waals surface area contributed by atoms with E-state index in [2.05, 4.69) is 5.32 Å². The predicted molar refractivity (Wildman–Crippen MR) is 114 cm³/mol. The smallest absolute Gasteiger partial charge is 0.416 e. The summed E-state index contributed by atoms with van der Waals surface area (Å²) in [5.74, 6) is -0.835. The zero-order valence-corrected chi connectivity index (χ0v) is 19.2. The van der Waals surface area contributed by atoms with Gasteiger partial charge in [-0.3, -0.25) is 19.8 Å². The Morgan fingerprint density at radius 1 is 1.15 bits per heavy atom. The van der Waals surface area contributed by atoms with Crippen LogP contribution >= 0.6 is 0 Å². The van der Waals surface area contributed by atoms with Gasteiger partial charge in [0, 0.05) is 56.0 Å². The molecule has 1 aliphatic rings. The van der Waals surface area contributed by atoms with Gasteiger partial charge in [-0.1, -0.05) is 0 Å². The summed E-state index contributed by atoms with van der Waals surface area (Å²) in [7, 11) is 0. The molecule has 0 radical (unpaired) electrons. The Morgan fingerprint density at radius 2 is 1.73 bits per heavy atom. The van der Waals surface area contributed by atoms with E-state index < -0.39 is 45.5 Å². The summed E-state index contributed by atoms with van der Waals surface area (Å²) >= 11 is 0. The largest absolute Gasteiger partial charge is 0.444 e. The Balaban J connectivity index is 1.97. The van der Waals surface area contributed by atoms with Crippen molar-refractivity contribution in [2.24, 2.45) is 0 Å².